The summed E-state index contributed by atoms with van der Waals surface area (Å²) in [6, 6.07) is -4.44. The van der Waals surface area contributed by atoms with Crippen LogP contribution in [0.15, 0.2) is 0 Å². The van der Waals surface area contributed by atoms with Gasteiger partial charge in [0, 0.05) is 6.42 Å². The molecule has 0 radical (unpaired) electrons. The van der Waals surface area contributed by atoms with Crippen molar-refractivity contribution in [2.24, 2.45) is 11.5 Å². The highest BCUT2D eigenvalue weighted by molar-refractivity contribution is 5.96. The number of hydrogen-bond acceptors (Lipinski definition) is 8. The topological polar surface area (TPSA) is 251 Å². The average molecular weight is 419 g/mol. The number of aliphatic hydroxyl groups excluding tert-OH is 1. The predicted octanol–water partition coefficient (Wildman–Crippen LogP) is -4.39. The molecule has 4 amide bonds. The van der Waals surface area contributed by atoms with E-state index in [4.69, 9.17) is 21.7 Å². The Balaban J connectivity index is 5.32. The Bertz CT molecular complexity index is 652. The van der Waals surface area contributed by atoms with Gasteiger partial charge < -0.3 is 42.7 Å². The van der Waals surface area contributed by atoms with Gasteiger partial charge in [0.1, 0.15) is 24.7 Å². The number of carbonyl (C=O) groups is 6. The molecule has 29 heavy (non-hydrogen) atoms. The van der Waals surface area contributed by atoms with Gasteiger partial charge in [-0.1, -0.05) is 0 Å². The zero-order valence-corrected chi connectivity index (χ0v) is 15.6. The zero-order chi connectivity index (χ0) is 22.7. The van der Waals surface area contributed by atoms with Gasteiger partial charge in [-0.3, -0.25) is 28.8 Å². The highest BCUT2D eigenvalue weighted by Crippen LogP contribution is 2.02. The first-order chi connectivity index (χ1) is 13.3. The zero-order valence-electron chi connectivity index (χ0n) is 15.6. The number of nitrogens with two attached hydrogens (primary N) is 2. The van der Waals surface area contributed by atoms with Crippen LogP contribution >= 0.6 is 0 Å². The summed E-state index contributed by atoms with van der Waals surface area (Å²) >= 11 is 0. The summed E-state index contributed by atoms with van der Waals surface area (Å²) < 4.78 is 0. The van der Waals surface area contributed by atoms with Crippen LogP contribution in [0.25, 0.3) is 0 Å². The Kier molecular flexibility index (Phi) is 10.9. The Morgan fingerprint density at radius 2 is 1.45 bits per heavy atom. The number of aliphatic carboxylic acids is 2. The molecule has 10 N–H and O–H groups in total. The molecule has 0 bridgehead atoms. The number of aliphatic hydroxyl groups is 1. The molecule has 0 aromatic heterocycles. The molecular formula is C15H25N5O9. The van der Waals surface area contributed by atoms with Crippen LogP contribution < -0.4 is 27.4 Å². The molecule has 0 aromatic carbocycles. The summed E-state index contributed by atoms with van der Waals surface area (Å²) in [6.45, 7) is 0.450. The largest absolute Gasteiger partial charge is 0.481 e. The minimum absolute atomic E-state index is 0.392. The lowest BCUT2D eigenvalue weighted by molar-refractivity contribution is -0.140. The predicted molar refractivity (Wildman–Crippen MR) is 94.8 cm³/mol. The summed E-state index contributed by atoms with van der Waals surface area (Å²) in [4.78, 5) is 68.9. The molecular weight excluding hydrogens is 394 g/mol. The number of amides is 4. The number of hydrogen-bond donors (Lipinski definition) is 8. The van der Waals surface area contributed by atoms with Gasteiger partial charge in [-0.2, -0.15) is 0 Å². The Morgan fingerprint density at radius 1 is 0.897 bits per heavy atom. The van der Waals surface area contributed by atoms with Gasteiger partial charge >= 0.3 is 11.9 Å². The van der Waals surface area contributed by atoms with Gasteiger partial charge in [-0.25, -0.2) is 0 Å². The number of primary amides is 1. The van der Waals surface area contributed by atoms with E-state index in [1.165, 1.54) is 6.92 Å². The quantitative estimate of drug-likeness (QED) is 0.142. The van der Waals surface area contributed by atoms with E-state index in [1.54, 1.807) is 0 Å². The second-order valence-electron chi connectivity index (χ2n) is 6.10. The molecule has 4 atom stereocenters. The van der Waals surface area contributed by atoms with Crippen molar-refractivity contribution in [1.82, 2.24) is 16.0 Å². The van der Waals surface area contributed by atoms with Gasteiger partial charge in [0.25, 0.3) is 0 Å². The first kappa shape index (κ1) is 25.7. The van der Waals surface area contributed by atoms with Crippen molar-refractivity contribution in [2.45, 2.75) is 50.4 Å². The van der Waals surface area contributed by atoms with Crippen molar-refractivity contribution in [3.8, 4) is 0 Å². The van der Waals surface area contributed by atoms with E-state index >= 15 is 0 Å². The van der Waals surface area contributed by atoms with Gasteiger partial charge in [-0.15, -0.1) is 0 Å². The average Bonchev–Trinajstić information content (AvgIpc) is 2.60. The summed E-state index contributed by atoms with van der Waals surface area (Å²) in [5.41, 5.74) is 10.5. The lowest BCUT2D eigenvalue weighted by Crippen LogP contribution is -2.58. The third kappa shape index (κ3) is 10.6. The Labute approximate surface area is 165 Å². The molecule has 0 heterocycles. The molecule has 4 unspecified atom stereocenters. The minimum atomic E-state index is -1.57. The highest BCUT2D eigenvalue weighted by atomic mass is 16.4. The molecule has 0 fully saturated rings. The molecule has 14 nitrogen and oxygen atoms in total. The molecule has 14 heteroatoms. The van der Waals surface area contributed by atoms with E-state index in [1.807, 2.05) is 5.32 Å². The molecule has 0 aliphatic rings. The molecule has 0 rings (SSSR count). The van der Waals surface area contributed by atoms with E-state index in [-0.39, 0.29) is 0 Å². The van der Waals surface area contributed by atoms with Gasteiger partial charge in [0.15, 0.2) is 0 Å². The van der Waals surface area contributed by atoms with E-state index in [0.29, 0.717) is 0 Å². The van der Waals surface area contributed by atoms with Gasteiger partial charge in [-0.05, 0) is 13.3 Å². The number of nitrogens with one attached hydrogen (secondary N) is 3. The van der Waals surface area contributed by atoms with Crippen LogP contribution in [0.2, 0.25) is 0 Å². The summed E-state index contributed by atoms with van der Waals surface area (Å²) in [5, 5.41) is 32.9. The van der Waals surface area contributed by atoms with Gasteiger partial charge in [0.2, 0.25) is 23.6 Å². The van der Waals surface area contributed by atoms with Crippen molar-refractivity contribution in [1.29, 1.82) is 0 Å². The molecule has 0 saturated heterocycles. The van der Waals surface area contributed by atoms with Crippen LogP contribution in [0, 0.1) is 0 Å². The third-order valence-electron chi connectivity index (χ3n) is 3.55. The lowest BCUT2D eigenvalue weighted by atomic mass is 10.1. The van der Waals surface area contributed by atoms with Crippen LogP contribution in [0.1, 0.15) is 26.2 Å². The van der Waals surface area contributed by atoms with E-state index in [0.717, 1.165) is 0 Å². The number of carbonyl (C=O) groups excluding carboxylic acids is 4. The maximum atomic E-state index is 12.4. The van der Waals surface area contributed by atoms with Crippen molar-refractivity contribution >= 4 is 35.6 Å². The highest BCUT2D eigenvalue weighted by Gasteiger charge is 2.30. The maximum Gasteiger partial charge on any atom is 0.322 e. The molecule has 0 aliphatic heterocycles. The summed E-state index contributed by atoms with van der Waals surface area (Å²) in [5.74, 6) is -6.64. The van der Waals surface area contributed by atoms with Crippen LogP contribution in [0.5, 0.6) is 0 Å². The fraction of sp³-hybridized carbons (Fsp3) is 0.600. The normalized spacial score (nSPS) is 14.6. The van der Waals surface area contributed by atoms with E-state index < -0.39 is 85.6 Å². The first-order valence-corrected chi connectivity index (χ1v) is 8.39. The lowest BCUT2D eigenvalue weighted by Gasteiger charge is -2.23. The van der Waals surface area contributed by atoms with E-state index in [9.17, 15) is 33.9 Å². The molecule has 164 valence electrons. The first-order valence-electron chi connectivity index (χ1n) is 8.39. The van der Waals surface area contributed by atoms with Crippen LogP contribution in [0.4, 0.5) is 0 Å². The fourth-order valence-electron chi connectivity index (χ4n) is 1.99. The molecule has 0 spiro atoms. The standard InChI is InChI=1S/C15H25N5O9/c1-6(21)12(17)15(29)20-8(4-9(16)22)14(28)19-7(2-3-10(23)24)13(27)18-5-11(25)26/h6-8,12,21H,2-5,17H2,1H3,(H2,16,22)(H,18,27)(H,19,28)(H,20,29)(H,23,24)(H,25,26). The second-order valence-corrected chi connectivity index (χ2v) is 6.10. The van der Waals surface area contributed by atoms with E-state index in [2.05, 4.69) is 10.6 Å². The van der Waals surface area contributed by atoms with Crippen LogP contribution in [-0.2, 0) is 28.8 Å². The fourth-order valence-corrected chi connectivity index (χ4v) is 1.99. The van der Waals surface area contributed by atoms with Crippen molar-refractivity contribution in [3.05, 3.63) is 0 Å². The number of carboxylic acid groups (broad SMARTS) is 2. The van der Waals surface area contributed by atoms with Gasteiger partial charge in [0.05, 0.1) is 12.5 Å². The second kappa shape index (κ2) is 12.2. The number of carboxylic acids is 2. The maximum absolute atomic E-state index is 12.4. The minimum Gasteiger partial charge on any atom is -0.481 e. The third-order valence-corrected chi connectivity index (χ3v) is 3.55. The van der Waals surface area contributed by atoms with Crippen molar-refractivity contribution in [2.75, 3.05) is 6.54 Å². The smallest absolute Gasteiger partial charge is 0.322 e. The summed E-state index contributed by atoms with van der Waals surface area (Å²) in [6.07, 6.45) is -2.87. The monoisotopic (exact) mass is 419 g/mol. The summed E-state index contributed by atoms with van der Waals surface area (Å²) in [7, 11) is 0. The van der Waals surface area contributed by atoms with Crippen molar-refractivity contribution < 1.29 is 44.1 Å². The Hall–Kier alpha value is -3.26. The molecule has 0 aliphatic carbocycles. The van der Waals surface area contributed by atoms with Crippen LogP contribution in [0.3, 0.4) is 0 Å². The number of rotatable bonds is 13. The van der Waals surface area contributed by atoms with Crippen LogP contribution in [-0.4, -0.2) is 81.7 Å². The van der Waals surface area contributed by atoms with Crippen molar-refractivity contribution in [3.63, 3.8) is 0 Å². The molecule has 0 aromatic rings. The Morgan fingerprint density at radius 3 is 1.90 bits per heavy atom. The molecule has 0 saturated carbocycles. The SMILES string of the molecule is CC(O)C(N)C(=O)NC(CC(N)=O)C(=O)NC(CCC(=O)O)C(=O)NCC(=O)O.